The molecule has 0 atom stereocenters. The van der Waals surface area contributed by atoms with Crippen LogP contribution in [0.3, 0.4) is 0 Å². The second-order valence-electron chi connectivity index (χ2n) is 4.55. The zero-order chi connectivity index (χ0) is 14.2. The number of ether oxygens (including phenoxy) is 1. The third-order valence-corrected chi connectivity index (χ3v) is 3.12. The van der Waals surface area contributed by atoms with Gasteiger partial charge in [0.15, 0.2) is 0 Å². The van der Waals surface area contributed by atoms with Gasteiger partial charge in [-0.05, 0) is 38.0 Å². The van der Waals surface area contributed by atoms with E-state index in [-0.39, 0.29) is 5.88 Å². The van der Waals surface area contributed by atoms with E-state index in [0.717, 1.165) is 22.4 Å². The van der Waals surface area contributed by atoms with Crippen LogP contribution in [0.15, 0.2) is 16.5 Å². The number of hydrogen-bond acceptors (Lipinski definition) is 4. The van der Waals surface area contributed by atoms with Gasteiger partial charge in [0.2, 0.25) is 5.88 Å². The van der Waals surface area contributed by atoms with E-state index in [1.54, 1.807) is 14.0 Å². The van der Waals surface area contributed by atoms with Crippen molar-refractivity contribution in [2.75, 3.05) is 12.8 Å². The van der Waals surface area contributed by atoms with Crippen molar-refractivity contribution < 1.29 is 9.15 Å². The van der Waals surface area contributed by atoms with Gasteiger partial charge in [-0.2, -0.15) is 5.26 Å². The quantitative estimate of drug-likeness (QED) is 0.894. The lowest BCUT2D eigenvalue weighted by molar-refractivity contribution is 0.413. The number of benzene rings is 1. The highest BCUT2D eigenvalue weighted by molar-refractivity contribution is 5.82. The lowest BCUT2D eigenvalue weighted by atomic mass is 9.96. The normalized spacial score (nSPS) is 10.3. The number of nitrogen functional groups attached to an aromatic ring is 1. The summed E-state index contributed by atoms with van der Waals surface area (Å²) in [7, 11) is 1.62. The number of furan rings is 1. The minimum Gasteiger partial charge on any atom is -0.496 e. The maximum Gasteiger partial charge on any atom is 0.209 e. The lowest BCUT2D eigenvalue weighted by Crippen LogP contribution is -1.95. The largest absolute Gasteiger partial charge is 0.496 e. The van der Waals surface area contributed by atoms with E-state index in [0.29, 0.717) is 16.9 Å². The second-order valence-corrected chi connectivity index (χ2v) is 4.55. The fourth-order valence-electron chi connectivity index (χ4n) is 2.41. The van der Waals surface area contributed by atoms with Gasteiger partial charge in [-0.3, -0.25) is 0 Å². The molecular formula is C15H16N2O2. The molecule has 1 aromatic heterocycles. The molecule has 4 heteroatoms. The van der Waals surface area contributed by atoms with E-state index in [2.05, 4.69) is 6.07 Å². The number of rotatable bonds is 2. The number of anilines is 1. The average molecular weight is 256 g/mol. The second kappa shape index (κ2) is 4.69. The summed E-state index contributed by atoms with van der Waals surface area (Å²) in [6, 6.07) is 6.11. The topological polar surface area (TPSA) is 72.2 Å². The van der Waals surface area contributed by atoms with Gasteiger partial charge in [-0.1, -0.05) is 6.07 Å². The highest BCUT2D eigenvalue weighted by Crippen LogP contribution is 2.40. The van der Waals surface area contributed by atoms with Gasteiger partial charge in [-0.25, -0.2) is 0 Å². The summed E-state index contributed by atoms with van der Waals surface area (Å²) in [6.45, 7) is 5.77. The number of methoxy groups -OCH3 is 1. The van der Waals surface area contributed by atoms with Crippen LogP contribution in [0.25, 0.3) is 11.1 Å². The van der Waals surface area contributed by atoms with Crippen LogP contribution in [0.2, 0.25) is 0 Å². The molecule has 0 aliphatic rings. The Morgan fingerprint density at radius 1 is 1.26 bits per heavy atom. The van der Waals surface area contributed by atoms with Crippen LogP contribution < -0.4 is 10.5 Å². The summed E-state index contributed by atoms with van der Waals surface area (Å²) < 4.78 is 10.8. The molecule has 4 nitrogen and oxygen atoms in total. The van der Waals surface area contributed by atoms with Crippen LogP contribution in [-0.2, 0) is 0 Å². The predicted molar refractivity (Wildman–Crippen MR) is 74.0 cm³/mol. The number of nitrogens with zero attached hydrogens (tertiary/aromatic N) is 1. The van der Waals surface area contributed by atoms with Gasteiger partial charge in [0.25, 0.3) is 0 Å². The van der Waals surface area contributed by atoms with Crippen molar-refractivity contribution in [2.45, 2.75) is 20.8 Å². The molecule has 0 unspecified atom stereocenters. The van der Waals surface area contributed by atoms with Crippen molar-refractivity contribution >= 4 is 5.88 Å². The highest BCUT2D eigenvalue weighted by atomic mass is 16.5. The van der Waals surface area contributed by atoms with Gasteiger partial charge in [0, 0.05) is 11.1 Å². The average Bonchev–Trinajstić information content (AvgIpc) is 2.62. The van der Waals surface area contributed by atoms with Gasteiger partial charge in [0.1, 0.15) is 23.1 Å². The Morgan fingerprint density at radius 3 is 2.53 bits per heavy atom. The Morgan fingerprint density at radius 2 is 1.95 bits per heavy atom. The third kappa shape index (κ3) is 2.04. The van der Waals surface area contributed by atoms with Crippen LogP contribution in [0.5, 0.6) is 5.75 Å². The monoisotopic (exact) mass is 256 g/mol. The van der Waals surface area contributed by atoms with Crippen LogP contribution in [0.1, 0.15) is 22.5 Å². The first-order chi connectivity index (χ1) is 8.99. The molecule has 98 valence electrons. The minimum atomic E-state index is 0.149. The molecule has 2 rings (SSSR count). The molecule has 0 bridgehead atoms. The van der Waals surface area contributed by atoms with E-state index in [9.17, 15) is 5.26 Å². The Labute approximate surface area is 112 Å². The maximum absolute atomic E-state index is 9.25. The number of nitriles is 1. The molecule has 2 aromatic rings. The number of aryl methyl sites for hydroxylation is 3. The Kier molecular flexibility index (Phi) is 3.22. The molecule has 0 spiro atoms. The standard InChI is InChI=1S/C15H16N2O2/c1-8-5-9(2)14(18-4)11(6-8)13-10(3)19-15(17)12(13)7-16/h5-6H,17H2,1-4H3. The molecule has 1 heterocycles. The summed E-state index contributed by atoms with van der Waals surface area (Å²) in [6.07, 6.45) is 0. The summed E-state index contributed by atoms with van der Waals surface area (Å²) in [5.74, 6) is 1.51. The fourth-order valence-corrected chi connectivity index (χ4v) is 2.41. The van der Waals surface area contributed by atoms with Crippen molar-refractivity contribution in [3.63, 3.8) is 0 Å². The Hall–Kier alpha value is -2.41. The SMILES string of the molecule is COc1c(C)cc(C)cc1-c1c(C)oc(N)c1C#N. The van der Waals surface area contributed by atoms with Crippen LogP contribution >= 0.6 is 0 Å². The Bertz CT molecular complexity index is 678. The smallest absolute Gasteiger partial charge is 0.209 e. The zero-order valence-corrected chi connectivity index (χ0v) is 11.5. The maximum atomic E-state index is 9.25. The van der Waals surface area contributed by atoms with E-state index >= 15 is 0 Å². The third-order valence-electron chi connectivity index (χ3n) is 3.12. The minimum absolute atomic E-state index is 0.149. The predicted octanol–water partition coefficient (Wildman–Crippen LogP) is 3.33. The number of nitrogens with two attached hydrogens (primary N) is 1. The molecule has 2 N–H and O–H groups in total. The van der Waals surface area contributed by atoms with Gasteiger partial charge in [0.05, 0.1) is 7.11 Å². The van der Waals surface area contributed by atoms with Gasteiger partial charge in [-0.15, -0.1) is 0 Å². The number of hydrogen-bond donors (Lipinski definition) is 1. The first-order valence-corrected chi connectivity index (χ1v) is 5.94. The summed E-state index contributed by atoms with van der Waals surface area (Å²) in [5, 5.41) is 9.25. The molecule has 1 aromatic carbocycles. The van der Waals surface area contributed by atoms with E-state index in [1.165, 1.54) is 0 Å². The zero-order valence-electron chi connectivity index (χ0n) is 11.5. The molecule has 0 saturated carbocycles. The molecule has 0 saturated heterocycles. The van der Waals surface area contributed by atoms with Gasteiger partial charge >= 0.3 is 0 Å². The highest BCUT2D eigenvalue weighted by Gasteiger charge is 2.21. The molecule has 19 heavy (non-hydrogen) atoms. The van der Waals surface area contributed by atoms with Crippen molar-refractivity contribution in [3.05, 3.63) is 34.6 Å². The molecule has 0 aliphatic heterocycles. The van der Waals surface area contributed by atoms with E-state index in [1.807, 2.05) is 26.0 Å². The van der Waals surface area contributed by atoms with Crippen LogP contribution in [0.4, 0.5) is 5.88 Å². The fraction of sp³-hybridized carbons (Fsp3) is 0.267. The first-order valence-electron chi connectivity index (χ1n) is 5.94. The molecule has 0 fully saturated rings. The van der Waals surface area contributed by atoms with E-state index in [4.69, 9.17) is 14.9 Å². The lowest BCUT2D eigenvalue weighted by Gasteiger charge is -2.12. The molecular weight excluding hydrogens is 240 g/mol. The Balaban J connectivity index is 2.83. The van der Waals surface area contributed by atoms with E-state index < -0.39 is 0 Å². The van der Waals surface area contributed by atoms with Crippen LogP contribution in [0, 0.1) is 32.1 Å². The van der Waals surface area contributed by atoms with Crippen molar-refractivity contribution in [3.8, 4) is 22.9 Å². The summed E-state index contributed by atoms with van der Waals surface area (Å²) in [4.78, 5) is 0. The summed E-state index contributed by atoms with van der Waals surface area (Å²) in [5.41, 5.74) is 9.75. The summed E-state index contributed by atoms with van der Waals surface area (Å²) >= 11 is 0. The molecule has 0 radical (unpaired) electrons. The molecule has 0 amide bonds. The van der Waals surface area contributed by atoms with Crippen molar-refractivity contribution in [1.82, 2.24) is 0 Å². The van der Waals surface area contributed by atoms with Gasteiger partial charge < -0.3 is 14.9 Å². The molecule has 0 aliphatic carbocycles. The van der Waals surface area contributed by atoms with Crippen molar-refractivity contribution in [1.29, 1.82) is 5.26 Å². The first kappa shape index (κ1) is 13.0. The van der Waals surface area contributed by atoms with Crippen molar-refractivity contribution in [2.24, 2.45) is 0 Å². The van der Waals surface area contributed by atoms with Crippen LogP contribution in [-0.4, -0.2) is 7.11 Å².